The van der Waals surface area contributed by atoms with Gasteiger partial charge in [0.25, 0.3) is 0 Å². The molecule has 154 valence electrons. The van der Waals surface area contributed by atoms with Crippen LogP contribution in [0, 0.1) is 0 Å². The van der Waals surface area contributed by atoms with E-state index in [-0.39, 0.29) is 13.2 Å². The minimum Gasteiger partial charge on any atom is -0.394 e. The van der Waals surface area contributed by atoms with Gasteiger partial charge in [0.05, 0.1) is 26.4 Å². The molecule has 0 spiro atoms. The molecule has 2 fully saturated rings. The quantitative estimate of drug-likeness (QED) is 0.197. The van der Waals surface area contributed by atoms with Crippen LogP contribution in [-0.4, -0.2) is 129 Å². The van der Waals surface area contributed by atoms with Crippen LogP contribution in [0.2, 0.25) is 0 Å². The Labute approximate surface area is 148 Å². The summed E-state index contributed by atoms with van der Waals surface area (Å²) in [4.78, 5) is 0. The SMILES string of the molecule is OC[C@@H](O)[C@@H](O[C@@H]1O[C@H](CO)[C@H](O)[C@H](O)[C@H]1O)[C@H](O)[C@@H](O)C1OCCO1. The van der Waals surface area contributed by atoms with Gasteiger partial charge in [0.15, 0.2) is 12.6 Å². The Morgan fingerprint density at radius 2 is 1.54 bits per heavy atom. The summed E-state index contributed by atoms with van der Waals surface area (Å²) in [5.41, 5.74) is 0. The van der Waals surface area contributed by atoms with Crippen molar-refractivity contribution in [2.45, 2.75) is 61.4 Å². The first-order valence-electron chi connectivity index (χ1n) is 8.16. The largest absolute Gasteiger partial charge is 0.394 e. The molecule has 2 rings (SSSR count). The molecule has 0 radical (unpaired) electrons. The summed E-state index contributed by atoms with van der Waals surface area (Å²) in [5.74, 6) is 0. The predicted molar refractivity (Wildman–Crippen MR) is 79.4 cm³/mol. The van der Waals surface area contributed by atoms with Gasteiger partial charge in [0.1, 0.15) is 48.8 Å². The molecule has 0 aromatic heterocycles. The minimum atomic E-state index is -1.83. The molecule has 0 amide bonds. The monoisotopic (exact) mass is 386 g/mol. The lowest BCUT2D eigenvalue weighted by molar-refractivity contribution is -0.329. The van der Waals surface area contributed by atoms with E-state index in [4.69, 9.17) is 24.1 Å². The van der Waals surface area contributed by atoms with Crippen molar-refractivity contribution in [3.63, 3.8) is 0 Å². The zero-order valence-electron chi connectivity index (χ0n) is 13.8. The standard InChI is InChI=1S/C14H26O12/c15-3-5(17)12(9(20)11(22)13-23-1-2-24-13)26-14-10(21)8(19)7(18)6(4-16)25-14/h5-22H,1-4H2/t5-,6-,7+,8+,9-,10-,11-,12-,14+/m1/s1. The van der Waals surface area contributed by atoms with E-state index in [0.29, 0.717) is 0 Å². The van der Waals surface area contributed by atoms with Crippen LogP contribution in [0.4, 0.5) is 0 Å². The van der Waals surface area contributed by atoms with E-state index in [1.807, 2.05) is 0 Å². The second-order valence-corrected chi connectivity index (χ2v) is 6.14. The molecule has 0 aromatic rings. The molecule has 0 aromatic carbocycles. The Balaban J connectivity index is 2.11. The van der Waals surface area contributed by atoms with Gasteiger partial charge in [-0.15, -0.1) is 0 Å². The second kappa shape index (κ2) is 9.64. The predicted octanol–water partition coefficient (Wildman–Crippen LogP) is -5.38. The fourth-order valence-corrected chi connectivity index (χ4v) is 2.77. The van der Waals surface area contributed by atoms with E-state index in [1.54, 1.807) is 0 Å². The Morgan fingerprint density at radius 1 is 0.923 bits per heavy atom. The molecule has 0 aliphatic carbocycles. The highest BCUT2D eigenvalue weighted by Gasteiger charge is 2.47. The van der Waals surface area contributed by atoms with Crippen LogP contribution in [0.15, 0.2) is 0 Å². The van der Waals surface area contributed by atoms with Crippen LogP contribution in [0.5, 0.6) is 0 Å². The van der Waals surface area contributed by atoms with Gasteiger partial charge in [-0.1, -0.05) is 0 Å². The maximum absolute atomic E-state index is 10.3. The third kappa shape index (κ3) is 4.67. The molecule has 12 heteroatoms. The molecule has 0 bridgehead atoms. The zero-order chi connectivity index (χ0) is 19.4. The number of hydrogen-bond acceptors (Lipinski definition) is 12. The van der Waals surface area contributed by atoms with E-state index < -0.39 is 74.6 Å². The van der Waals surface area contributed by atoms with E-state index in [0.717, 1.165) is 0 Å². The minimum absolute atomic E-state index is 0.190. The fraction of sp³-hybridized carbons (Fsp3) is 1.00. The van der Waals surface area contributed by atoms with Gasteiger partial charge in [0.2, 0.25) is 0 Å². The first kappa shape index (κ1) is 21.8. The highest BCUT2D eigenvalue weighted by atomic mass is 16.7. The van der Waals surface area contributed by atoms with Gasteiger partial charge in [-0.2, -0.15) is 0 Å². The Bertz CT molecular complexity index is 417. The number of ether oxygens (including phenoxy) is 4. The summed E-state index contributed by atoms with van der Waals surface area (Å²) >= 11 is 0. The topological polar surface area (TPSA) is 199 Å². The molecule has 2 aliphatic rings. The molecule has 9 atom stereocenters. The van der Waals surface area contributed by atoms with Crippen molar-refractivity contribution in [2.75, 3.05) is 26.4 Å². The third-order valence-corrected chi connectivity index (χ3v) is 4.32. The summed E-state index contributed by atoms with van der Waals surface area (Å²) in [7, 11) is 0. The van der Waals surface area contributed by atoms with Crippen molar-refractivity contribution >= 4 is 0 Å². The van der Waals surface area contributed by atoms with E-state index >= 15 is 0 Å². The van der Waals surface area contributed by atoms with Crippen molar-refractivity contribution in [3.05, 3.63) is 0 Å². The van der Waals surface area contributed by atoms with Crippen LogP contribution < -0.4 is 0 Å². The number of rotatable bonds is 8. The molecule has 0 saturated carbocycles. The Morgan fingerprint density at radius 3 is 2.08 bits per heavy atom. The Hall–Kier alpha value is -0.480. The summed E-state index contributed by atoms with van der Waals surface area (Å²) < 4.78 is 20.5. The van der Waals surface area contributed by atoms with Gasteiger partial charge in [0, 0.05) is 0 Å². The van der Waals surface area contributed by atoms with Crippen LogP contribution >= 0.6 is 0 Å². The molecule has 2 saturated heterocycles. The number of hydrogen-bond donors (Lipinski definition) is 8. The van der Waals surface area contributed by atoms with E-state index in [1.165, 1.54) is 0 Å². The van der Waals surface area contributed by atoms with Crippen molar-refractivity contribution < 1.29 is 59.8 Å². The summed E-state index contributed by atoms with van der Waals surface area (Å²) in [5, 5.41) is 78.1. The molecule has 2 aliphatic heterocycles. The van der Waals surface area contributed by atoms with Gasteiger partial charge >= 0.3 is 0 Å². The average molecular weight is 386 g/mol. The van der Waals surface area contributed by atoms with E-state index in [2.05, 4.69) is 0 Å². The first-order chi connectivity index (χ1) is 12.3. The molecule has 8 N–H and O–H groups in total. The molecule has 2 heterocycles. The number of aliphatic hydroxyl groups is 8. The molecular weight excluding hydrogens is 360 g/mol. The maximum Gasteiger partial charge on any atom is 0.187 e. The van der Waals surface area contributed by atoms with Crippen LogP contribution in [0.3, 0.4) is 0 Å². The second-order valence-electron chi connectivity index (χ2n) is 6.14. The van der Waals surface area contributed by atoms with Crippen LogP contribution in [0.1, 0.15) is 0 Å². The van der Waals surface area contributed by atoms with Crippen molar-refractivity contribution in [1.29, 1.82) is 0 Å². The smallest absolute Gasteiger partial charge is 0.187 e. The summed E-state index contributed by atoms with van der Waals surface area (Å²) in [6.07, 6.45) is -16.1. The van der Waals surface area contributed by atoms with Crippen LogP contribution in [-0.2, 0) is 18.9 Å². The normalized spacial score (nSPS) is 38.1. The highest BCUT2D eigenvalue weighted by Crippen LogP contribution is 2.26. The summed E-state index contributed by atoms with van der Waals surface area (Å²) in [6.45, 7) is -1.18. The van der Waals surface area contributed by atoms with Gasteiger partial charge in [-0.25, -0.2) is 0 Å². The lowest BCUT2D eigenvalue weighted by Gasteiger charge is -2.42. The van der Waals surface area contributed by atoms with Crippen LogP contribution in [0.25, 0.3) is 0 Å². The van der Waals surface area contributed by atoms with E-state index in [9.17, 15) is 35.7 Å². The lowest BCUT2D eigenvalue weighted by atomic mass is 9.98. The summed E-state index contributed by atoms with van der Waals surface area (Å²) in [6, 6.07) is 0. The third-order valence-electron chi connectivity index (χ3n) is 4.32. The molecule has 0 unspecified atom stereocenters. The molecular formula is C14H26O12. The lowest BCUT2D eigenvalue weighted by Crippen LogP contribution is -2.62. The van der Waals surface area contributed by atoms with Gasteiger partial charge < -0.3 is 59.8 Å². The van der Waals surface area contributed by atoms with Gasteiger partial charge in [-0.05, 0) is 0 Å². The maximum atomic E-state index is 10.3. The Kier molecular flexibility index (Phi) is 8.08. The first-order valence-corrected chi connectivity index (χ1v) is 8.16. The molecule has 12 nitrogen and oxygen atoms in total. The van der Waals surface area contributed by atoms with Crippen molar-refractivity contribution in [2.24, 2.45) is 0 Å². The average Bonchev–Trinajstić information content (AvgIpc) is 3.18. The fourth-order valence-electron chi connectivity index (χ4n) is 2.77. The van der Waals surface area contributed by atoms with Gasteiger partial charge in [-0.3, -0.25) is 0 Å². The van der Waals surface area contributed by atoms with Crippen molar-refractivity contribution in [1.82, 2.24) is 0 Å². The highest BCUT2D eigenvalue weighted by molar-refractivity contribution is 4.91. The van der Waals surface area contributed by atoms with Crippen molar-refractivity contribution in [3.8, 4) is 0 Å². The number of aliphatic hydroxyl groups excluding tert-OH is 8. The molecule has 26 heavy (non-hydrogen) atoms. The zero-order valence-corrected chi connectivity index (χ0v) is 13.8.